The number of Topliss-reactive ketones (excluding diaryl/α,β-unsaturated/α-hetero) is 1. The van der Waals surface area contributed by atoms with Crippen LogP contribution in [-0.4, -0.2) is 10.9 Å². The minimum atomic E-state index is -0.191. The SMILES string of the molecule is CCC(=C1C(=O)C(C=C2C=C(C(C)(C)C)SC(C(C)(C)C)=C2)=C1O)c1cc(C(C)(C)C)[o+]c(C(C)(C)C)c1. The minimum absolute atomic E-state index is 0.0110. The lowest BCUT2D eigenvalue weighted by atomic mass is 9.79. The van der Waals surface area contributed by atoms with Crippen LogP contribution in [0.25, 0.3) is 5.57 Å². The zero-order valence-electron chi connectivity index (χ0n) is 25.8. The van der Waals surface area contributed by atoms with Gasteiger partial charge in [-0.2, -0.15) is 0 Å². The van der Waals surface area contributed by atoms with Crippen LogP contribution in [0, 0.1) is 10.8 Å². The second-order valence-corrected chi connectivity index (χ2v) is 15.7. The maximum absolute atomic E-state index is 13.5. The summed E-state index contributed by atoms with van der Waals surface area (Å²) in [6.07, 6.45) is 6.79. The Labute approximate surface area is 234 Å². The zero-order valence-corrected chi connectivity index (χ0v) is 26.6. The number of aliphatic hydroxyl groups excluding tert-OH is 1. The van der Waals surface area contributed by atoms with Crippen molar-refractivity contribution in [2.24, 2.45) is 10.8 Å². The van der Waals surface area contributed by atoms with Crippen LogP contribution < -0.4 is 0 Å². The molecule has 206 valence electrons. The Hall–Kier alpha value is -2.33. The molecule has 0 radical (unpaired) electrons. The molecule has 0 saturated heterocycles. The van der Waals surface area contributed by atoms with Gasteiger partial charge in [0, 0.05) is 12.1 Å². The molecule has 38 heavy (non-hydrogen) atoms. The maximum atomic E-state index is 13.5. The quantitative estimate of drug-likeness (QED) is 0.309. The summed E-state index contributed by atoms with van der Waals surface area (Å²) in [6, 6.07) is 4.07. The summed E-state index contributed by atoms with van der Waals surface area (Å²) in [7, 11) is 0. The van der Waals surface area contributed by atoms with Gasteiger partial charge in [0.15, 0.2) is 0 Å². The third kappa shape index (κ3) is 6.28. The number of hydrogen-bond donors (Lipinski definition) is 1. The van der Waals surface area contributed by atoms with Gasteiger partial charge < -0.3 is 5.11 Å². The van der Waals surface area contributed by atoms with E-state index in [2.05, 4.69) is 95.2 Å². The standard InChI is InChI=1S/C34H46O3S/c1-14-22(21-18-24(31(2,3)4)37-25(19-21)32(5,6)7)28-29(35)23(30(28)36)15-20-16-26(33(8,9)10)38-27(17-20)34(11,12)13/h15-19H,14H2,1-13H3/p+1. The number of rotatable bonds is 3. The molecule has 4 heteroatoms. The van der Waals surface area contributed by atoms with Crippen LogP contribution in [-0.2, 0) is 15.6 Å². The Morgan fingerprint density at radius 1 is 0.816 bits per heavy atom. The summed E-state index contributed by atoms with van der Waals surface area (Å²) in [5.41, 5.74) is 3.16. The Morgan fingerprint density at radius 2 is 1.26 bits per heavy atom. The average molecular weight is 536 g/mol. The second-order valence-electron chi connectivity index (χ2n) is 14.6. The van der Waals surface area contributed by atoms with Gasteiger partial charge in [-0.1, -0.05) is 60.2 Å². The lowest BCUT2D eigenvalue weighted by Gasteiger charge is -2.32. The van der Waals surface area contributed by atoms with Gasteiger partial charge in [-0.25, -0.2) is 4.42 Å². The predicted octanol–water partition coefficient (Wildman–Crippen LogP) is 10.2. The van der Waals surface area contributed by atoms with E-state index in [1.807, 2.05) is 36.9 Å². The van der Waals surface area contributed by atoms with Crippen molar-refractivity contribution in [3.8, 4) is 0 Å². The van der Waals surface area contributed by atoms with E-state index in [0.717, 1.165) is 28.2 Å². The molecule has 1 aliphatic heterocycles. The van der Waals surface area contributed by atoms with Gasteiger partial charge in [0.25, 0.3) is 0 Å². The van der Waals surface area contributed by atoms with Gasteiger partial charge in [0.1, 0.15) is 5.76 Å². The lowest BCUT2D eigenvalue weighted by Crippen LogP contribution is -2.23. The minimum Gasteiger partial charge on any atom is -0.506 e. The topological polar surface area (TPSA) is 48.6 Å². The van der Waals surface area contributed by atoms with Crippen LogP contribution in [0.2, 0.25) is 0 Å². The highest BCUT2D eigenvalue weighted by Crippen LogP contribution is 2.49. The maximum Gasteiger partial charge on any atom is 0.335 e. The van der Waals surface area contributed by atoms with E-state index in [1.165, 1.54) is 9.81 Å². The van der Waals surface area contributed by atoms with Crippen molar-refractivity contribution in [3.63, 3.8) is 0 Å². The molecule has 0 atom stereocenters. The van der Waals surface area contributed by atoms with Gasteiger partial charge in [0.05, 0.1) is 22.0 Å². The van der Waals surface area contributed by atoms with Crippen molar-refractivity contribution in [2.45, 2.75) is 107 Å². The Bertz CT molecular complexity index is 1240. The molecular weight excluding hydrogens is 488 g/mol. The number of ketones is 1. The number of hydrogen-bond acceptors (Lipinski definition) is 3. The van der Waals surface area contributed by atoms with E-state index >= 15 is 0 Å². The smallest absolute Gasteiger partial charge is 0.335 e. The van der Waals surface area contributed by atoms with Gasteiger partial charge in [0.2, 0.25) is 5.78 Å². The molecule has 1 aliphatic carbocycles. The Kier molecular flexibility index (Phi) is 7.96. The van der Waals surface area contributed by atoms with Gasteiger partial charge in [-0.3, -0.25) is 4.79 Å². The number of allylic oxidation sites excluding steroid dienone is 9. The number of thioether (sulfide) groups is 1. The summed E-state index contributed by atoms with van der Waals surface area (Å²) in [4.78, 5) is 16.1. The van der Waals surface area contributed by atoms with Crippen molar-refractivity contribution in [2.75, 3.05) is 0 Å². The predicted molar refractivity (Wildman–Crippen MR) is 163 cm³/mol. The molecule has 1 aromatic rings. The first-order valence-electron chi connectivity index (χ1n) is 13.7. The van der Waals surface area contributed by atoms with E-state index in [4.69, 9.17) is 4.42 Å². The van der Waals surface area contributed by atoms with Gasteiger partial charge >= 0.3 is 11.5 Å². The third-order valence-corrected chi connectivity index (χ3v) is 8.74. The number of carbonyl (C=O) groups is 1. The summed E-state index contributed by atoms with van der Waals surface area (Å²) < 4.78 is 6.32. The second kappa shape index (κ2) is 10.0. The first kappa shape index (κ1) is 30.2. The molecule has 0 unspecified atom stereocenters. The molecule has 1 aromatic heterocycles. The first-order chi connectivity index (χ1) is 17.1. The van der Waals surface area contributed by atoms with Crippen molar-refractivity contribution in [1.82, 2.24) is 0 Å². The van der Waals surface area contributed by atoms with E-state index in [1.54, 1.807) is 0 Å². The normalized spacial score (nSPS) is 18.8. The molecule has 1 N–H and O–H groups in total. The summed E-state index contributed by atoms with van der Waals surface area (Å²) >= 11 is 1.82. The van der Waals surface area contributed by atoms with Crippen molar-refractivity contribution in [3.05, 3.63) is 79.7 Å². The van der Waals surface area contributed by atoms with Crippen molar-refractivity contribution < 1.29 is 14.3 Å². The molecule has 0 spiro atoms. The molecule has 0 bridgehead atoms. The molecular formula is C34H47O3S+. The Balaban J connectivity index is 2.18. The molecule has 0 fully saturated rings. The fourth-order valence-corrected chi connectivity index (χ4v) is 5.53. The number of aliphatic hydroxyl groups is 1. The first-order valence-corrected chi connectivity index (χ1v) is 14.5. The molecule has 3 rings (SSSR count). The monoisotopic (exact) mass is 535 g/mol. The largest absolute Gasteiger partial charge is 0.506 e. The van der Waals surface area contributed by atoms with Gasteiger partial charge in [-0.15, -0.1) is 0 Å². The molecule has 2 aliphatic rings. The van der Waals surface area contributed by atoms with E-state index in [9.17, 15) is 9.90 Å². The van der Waals surface area contributed by atoms with E-state index < -0.39 is 0 Å². The highest BCUT2D eigenvalue weighted by molar-refractivity contribution is 8.06. The van der Waals surface area contributed by atoms with Crippen molar-refractivity contribution >= 4 is 23.1 Å². The van der Waals surface area contributed by atoms with Crippen LogP contribution in [0.4, 0.5) is 0 Å². The summed E-state index contributed by atoms with van der Waals surface area (Å²) in [5, 5.41) is 11.2. The van der Waals surface area contributed by atoms with Crippen LogP contribution in [0.3, 0.4) is 0 Å². The molecule has 3 nitrogen and oxygen atoms in total. The molecule has 0 saturated carbocycles. The Morgan fingerprint density at radius 3 is 1.61 bits per heavy atom. The van der Waals surface area contributed by atoms with Gasteiger partial charge in [-0.05, 0) is 104 Å². The molecule has 0 amide bonds. The molecule has 0 aromatic carbocycles. The third-order valence-electron chi connectivity index (χ3n) is 6.84. The highest BCUT2D eigenvalue weighted by atomic mass is 32.2. The summed E-state index contributed by atoms with van der Waals surface area (Å²) in [5.74, 6) is 1.72. The molecule has 2 heterocycles. The van der Waals surface area contributed by atoms with Crippen LogP contribution in [0.1, 0.15) is 114 Å². The average Bonchev–Trinajstić information content (AvgIpc) is 2.78. The van der Waals surface area contributed by atoms with E-state index in [-0.39, 0.29) is 33.2 Å². The van der Waals surface area contributed by atoms with Crippen LogP contribution in [0.15, 0.2) is 67.1 Å². The number of carbonyl (C=O) groups excluding carboxylic acids is 1. The fraction of sp³-hybridized carbons (Fsp3) is 0.529. The fourth-order valence-electron chi connectivity index (χ4n) is 4.29. The highest BCUT2D eigenvalue weighted by Gasteiger charge is 2.39. The lowest BCUT2D eigenvalue weighted by molar-refractivity contribution is -0.113. The van der Waals surface area contributed by atoms with Crippen molar-refractivity contribution in [1.29, 1.82) is 0 Å². The van der Waals surface area contributed by atoms with Crippen LogP contribution >= 0.6 is 11.8 Å². The zero-order chi connectivity index (χ0) is 29.0. The van der Waals surface area contributed by atoms with Crippen LogP contribution in [0.5, 0.6) is 0 Å². The van der Waals surface area contributed by atoms with E-state index in [0.29, 0.717) is 17.6 Å². The summed E-state index contributed by atoms with van der Waals surface area (Å²) in [6.45, 7) is 28.0.